The molecule has 1 aromatic rings. The number of ether oxygens (including phenoxy) is 1. The van der Waals surface area contributed by atoms with E-state index in [2.05, 4.69) is 10.3 Å². The summed E-state index contributed by atoms with van der Waals surface area (Å²) in [6.07, 6.45) is 3.10. The third-order valence-corrected chi connectivity index (χ3v) is 2.15. The van der Waals surface area contributed by atoms with Crippen molar-refractivity contribution in [3.8, 4) is 5.88 Å². The van der Waals surface area contributed by atoms with E-state index in [0.717, 1.165) is 6.42 Å². The average molecular weight is 223 g/mol. The largest absolute Gasteiger partial charge is 0.481 e. The van der Waals surface area contributed by atoms with Crippen molar-refractivity contribution in [3.63, 3.8) is 0 Å². The number of rotatable bonds is 5. The molecule has 1 unspecified atom stereocenters. The van der Waals surface area contributed by atoms with Crippen LogP contribution >= 0.6 is 0 Å². The molecule has 1 amide bonds. The summed E-state index contributed by atoms with van der Waals surface area (Å²) >= 11 is 0. The maximum absolute atomic E-state index is 11.6. The van der Waals surface area contributed by atoms with Gasteiger partial charge in [-0.05, 0) is 12.5 Å². The van der Waals surface area contributed by atoms with Gasteiger partial charge in [0, 0.05) is 6.07 Å². The number of amides is 1. The van der Waals surface area contributed by atoms with Crippen LogP contribution in [0.25, 0.3) is 0 Å². The molecule has 0 radical (unpaired) electrons. The Hall–Kier alpha value is -1.62. The zero-order valence-corrected chi connectivity index (χ0v) is 9.56. The molecule has 5 heteroatoms. The van der Waals surface area contributed by atoms with Gasteiger partial charge in [0.25, 0.3) is 0 Å². The first kappa shape index (κ1) is 12.4. The van der Waals surface area contributed by atoms with Gasteiger partial charge in [-0.15, -0.1) is 0 Å². The molecule has 1 atom stereocenters. The van der Waals surface area contributed by atoms with E-state index in [1.54, 1.807) is 12.1 Å². The molecule has 1 heterocycles. The average Bonchev–Trinajstić information content (AvgIpc) is 2.30. The standard InChI is InChI=1S/C11H17N3O2/c1-3-4-9(12)11(15)14-8-5-6-10(16-2)13-7-8/h5-7,9H,3-4,12H2,1-2H3,(H,14,15). The molecule has 0 bridgehead atoms. The molecule has 5 nitrogen and oxygen atoms in total. The molecule has 0 aliphatic rings. The Morgan fingerprint density at radius 3 is 2.88 bits per heavy atom. The van der Waals surface area contributed by atoms with Gasteiger partial charge in [0.15, 0.2) is 0 Å². The number of methoxy groups -OCH3 is 1. The number of pyridine rings is 1. The summed E-state index contributed by atoms with van der Waals surface area (Å²) in [6.45, 7) is 1.99. The van der Waals surface area contributed by atoms with Gasteiger partial charge in [-0.3, -0.25) is 4.79 Å². The molecule has 88 valence electrons. The van der Waals surface area contributed by atoms with Crippen LogP contribution in [0.2, 0.25) is 0 Å². The Bertz CT molecular complexity index is 338. The molecule has 0 aromatic carbocycles. The maximum atomic E-state index is 11.6. The molecular formula is C11H17N3O2. The summed E-state index contributed by atoms with van der Waals surface area (Å²) in [6, 6.07) is 2.94. The third kappa shape index (κ3) is 3.51. The molecule has 0 fully saturated rings. The van der Waals surface area contributed by atoms with E-state index >= 15 is 0 Å². The van der Waals surface area contributed by atoms with E-state index in [1.165, 1.54) is 13.3 Å². The van der Waals surface area contributed by atoms with Crippen molar-refractivity contribution in [1.82, 2.24) is 4.98 Å². The first-order valence-electron chi connectivity index (χ1n) is 5.24. The highest BCUT2D eigenvalue weighted by atomic mass is 16.5. The first-order valence-corrected chi connectivity index (χ1v) is 5.24. The fraction of sp³-hybridized carbons (Fsp3) is 0.455. The van der Waals surface area contributed by atoms with E-state index in [9.17, 15) is 4.79 Å². The maximum Gasteiger partial charge on any atom is 0.241 e. The minimum atomic E-state index is -0.466. The van der Waals surface area contributed by atoms with Crippen molar-refractivity contribution >= 4 is 11.6 Å². The van der Waals surface area contributed by atoms with Gasteiger partial charge in [-0.2, -0.15) is 0 Å². The topological polar surface area (TPSA) is 77.2 Å². The predicted molar refractivity (Wildman–Crippen MR) is 62.3 cm³/mol. The summed E-state index contributed by atoms with van der Waals surface area (Å²) in [4.78, 5) is 15.5. The zero-order chi connectivity index (χ0) is 12.0. The van der Waals surface area contributed by atoms with Crippen molar-refractivity contribution in [2.75, 3.05) is 12.4 Å². The fourth-order valence-corrected chi connectivity index (χ4v) is 1.25. The molecule has 0 saturated carbocycles. The predicted octanol–water partition coefficient (Wildman–Crippen LogP) is 1.16. The van der Waals surface area contributed by atoms with E-state index in [4.69, 9.17) is 10.5 Å². The van der Waals surface area contributed by atoms with Crippen LogP contribution in [0, 0.1) is 0 Å². The van der Waals surface area contributed by atoms with Gasteiger partial charge >= 0.3 is 0 Å². The highest BCUT2D eigenvalue weighted by Gasteiger charge is 2.12. The van der Waals surface area contributed by atoms with Crippen LogP contribution < -0.4 is 15.8 Å². The van der Waals surface area contributed by atoms with Crippen LogP contribution in [0.15, 0.2) is 18.3 Å². The van der Waals surface area contributed by atoms with Gasteiger partial charge in [0.1, 0.15) is 0 Å². The minimum Gasteiger partial charge on any atom is -0.481 e. The molecule has 1 aromatic heterocycles. The van der Waals surface area contributed by atoms with Gasteiger partial charge < -0.3 is 15.8 Å². The van der Waals surface area contributed by atoms with Crippen LogP contribution in [-0.4, -0.2) is 24.0 Å². The SMILES string of the molecule is CCCC(N)C(=O)Nc1ccc(OC)nc1. The summed E-state index contributed by atoms with van der Waals surface area (Å²) in [7, 11) is 1.54. The molecular weight excluding hydrogens is 206 g/mol. The van der Waals surface area contributed by atoms with Crippen LogP contribution in [0.5, 0.6) is 5.88 Å². The number of nitrogens with zero attached hydrogens (tertiary/aromatic N) is 1. The van der Waals surface area contributed by atoms with Gasteiger partial charge in [0.2, 0.25) is 11.8 Å². The molecule has 16 heavy (non-hydrogen) atoms. The Kier molecular flexibility index (Phi) is 4.72. The summed E-state index contributed by atoms with van der Waals surface area (Å²) in [5.41, 5.74) is 6.30. The number of carbonyl (C=O) groups is 1. The Morgan fingerprint density at radius 2 is 2.38 bits per heavy atom. The van der Waals surface area contributed by atoms with Crippen molar-refractivity contribution in [2.45, 2.75) is 25.8 Å². The molecule has 0 saturated heterocycles. The lowest BCUT2D eigenvalue weighted by molar-refractivity contribution is -0.117. The Balaban J connectivity index is 2.55. The van der Waals surface area contributed by atoms with E-state index in [-0.39, 0.29) is 5.91 Å². The van der Waals surface area contributed by atoms with Crippen molar-refractivity contribution < 1.29 is 9.53 Å². The second-order valence-electron chi connectivity index (χ2n) is 3.47. The van der Waals surface area contributed by atoms with Crippen LogP contribution in [0.3, 0.4) is 0 Å². The van der Waals surface area contributed by atoms with E-state index in [1.807, 2.05) is 6.92 Å². The monoisotopic (exact) mass is 223 g/mol. The number of carbonyl (C=O) groups excluding carboxylic acids is 1. The van der Waals surface area contributed by atoms with Crippen molar-refractivity contribution in [1.29, 1.82) is 0 Å². The van der Waals surface area contributed by atoms with Gasteiger partial charge in [-0.25, -0.2) is 4.98 Å². The molecule has 0 aliphatic heterocycles. The third-order valence-electron chi connectivity index (χ3n) is 2.15. The van der Waals surface area contributed by atoms with Crippen LogP contribution in [0.1, 0.15) is 19.8 Å². The minimum absolute atomic E-state index is 0.186. The normalized spacial score (nSPS) is 11.9. The van der Waals surface area contributed by atoms with E-state index < -0.39 is 6.04 Å². The Labute approximate surface area is 95.0 Å². The lowest BCUT2D eigenvalue weighted by Gasteiger charge is -2.10. The number of anilines is 1. The molecule has 0 spiro atoms. The number of nitrogens with one attached hydrogen (secondary N) is 1. The molecule has 1 rings (SSSR count). The van der Waals surface area contributed by atoms with Gasteiger partial charge in [0.05, 0.1) is 25.0 Å². The van der Waals surface area contributed by atoms with Crippen LogP contribution in [0.4, 0.5) is 5.69 Å². The number of hydrogen-bond acceptors (Lipinski definition) is 4. The quantitative estimate of drug-likeness (QED) is 0.785. The molecule has 0 aliphatic carbocycles. The number of aromatic nitrogens is 1. The number of hydrogen-bond donors (Lipinski definition) is 2. The van der Waals surface area contributed by atoms with Gasteiger partial charge in [-0.1, -0.05) is 13.3 Å². The summed E-state index contributed by atoms with van der Waals surface area (Å²) in [5, 5.41) is 2.70. The van der Waals surface area contributed by atoms with Crippen LogP contribution in [-0.2, 0) is 4.79 Å². The van der Waals surface area contributed by atoms with Crippen molar-refractivity contribution in [3.05, 3.63) is 18.3 Å². The van der Waals surface area contributed by atoms with E-state index in [0.29, 0.717) is 18.0 Å². The lowest BCUT2D eigenvalue weighted by Crippen LogP contribution is -2.35. The second-order valence-corrected chi connectivity index (χ2v) is 3.47. The lowest BCUT2D eigenvalue weighted by atomic mass is 10.1. The summed E-state index contributed by atoms with van der Waals surface area (Å²) in [5.74, 6) is 0.324. The van der Waals surface area contributed by atoms with Crippen molar-refractivity contribution in [2.24, 2.45) is 5.73 Å². The Morgan fingerprint density at radius 1 is 1.62 bits per heavy atom. The number of nitrogens with two attached hydrogens (primary N) is 1. The molecule has 3 N–H and O–H groups in total. The highest BCUT2D eigenvalue weighted by molar-refractivity contribution is 5.94. The zero-order valence-electron chi connectivity index (χ0n) is 9.56. The second kappa shape index (κ2) is 6.07. The first-order chi connectivity index (χ1) is 7.67. The highest BCUT2D eigenvalue weighted by Crippen LogP contribution is 2.11. The summed E-state index contributed by atoms with van der Waals surface area (Å²) < 4.78 is 4.91. The fourth-order valence-electron chi connectivity index (χ4n) is 1.25. The smallest absolute Gasteiger partial charge is 0.241 e.